The van der Waals surface area contributed by atoms with Crippen LogP contribution in [0.25, 0.3) is 0 Å². The molecule has 116 valence electrons. The maximum atomic E-state index is 11.8. The van der Waals surface area contributed by atoms with Crippen LogP contribution in [0.3, 0.4) is 0 Å². The van der Waals surface area contributed by atoms with Crippen molar-refractivity contribution in [3.05, 3.63) is 64.2 Å². The van der Waals surface area contributed by atoms with Crippen LogP contribution in [0, 0.1) is 18.3 Å². The molecule has 0 spiro atoms. The van der Waals surface area contributed by atoms with Gasteiger partial charge in [0.25, 0.3) is 5.91 Å². The van der Waals surface area contributed by atoms with Crippen molar-refractivity contribution in [2.45, 2.75) is 6.92 Å². The zero-order chi connectivity index (χ0) is 16.8. The van der Waals surface area contributed by atoms with E-state index in [1.54, 1.807) is 25.1 Å². The standard InChI is InChI=1S/C17H13ClN2O3/c1-11-14(18)3-2-4-15(11)20-16(21)10-23-17(22)13-7-5-12(9-19)6-8-13/h2-8H,10H2,1H3,(H,20,21). The van der Waals surface area contributed by atoms with Crippen molar-refractivity contribution in [3.63, 3.8) is 0 Å². The highest BCUT2D eigenvalue weighted by Crippen LogP contribution is 2.22. The van der Waals surface area contributed by atoms with Crippen molar-refractivity contribution in [1.29, 1.82) is 5.26 Å². The summed E-state index contributed by atoms with van der Waals surface area (Å²) in [5.41, 5.74) is 2.02. The fraction of sp³-hybridized carbons (Fsp3) is 0.118. The summed E-state index contributed by atoms with van der Waals surface area (Å²) >= 11 is 5.97. The summed E-state index contributed by atoms with van der Waals surface area (Å²) in [7, 11) is 0. The molecule has 0 radical (unpaired) electrons. The van der Waals surface area contributed by atoms with Crippen LogP contribution >= 0.6 is 11.6 Å². The number of benzene rings is 2. The lowest BCUT2D eigenvalue weighted by Gasteiger charge is -2.10. The lowest BCUT2D eigenvalue weighted by Crippen LogP contribution is -2.21. The van der Waals surface area contributed by atoms with E-state index in [1.807, 2.05) is 6.07 Å². The first-order chi connectivity index (χ1) is 11.0. The van der Waals surface area contributed by atoms with Crippen LogP contribution in [0.5, 0.6) is 0 Å². The van der Waals surface area contributed by atoms with Crippen LogP contribution in [-0.4, -0.2) is 18.5 Å². The number of anilines is 1. The zero-order valence-corrected chi connectivity index (χ0v) is 13.1. The Morgan fingerprint density at radius 2 is 1.91 bits per heavy atom. The van der Waals surface area contributed by atoms with Crippen LogP contribution in [0.2, 0.25) is 5.02 Å². The normalized spacial score (nSPS) is 9.78. The van der Waals surface area contributed by atoms with Crippen molar-refractivity contribution in [1.82, 2.24) is 0 Å². The van der Waals surface area contributed by atoms with Gasteiger partial charge in [-0.1, -0.05) is 17.7 Å². The number of esters is 1. The summed E-state index contributed by atoms with van der Waals surface area (Å²) in [4.78, 5) is 23.7. The van der Waals surface area contributed by atoms with E-state index in [2.05, 4.69) is 5.32 Å². The van der Waals surface area contributed by atoms with Crippen molar-refractivity contribution < 1.29 is 14.3 Å². The highest BCUT2D eigenvalue weighted by atomic mass is 35.5. The number of halogens is 1. The molecule has 0 aromatic heterocycles. The molecule has 0 bridgehead atoms. The number of hydrogen-bond donors (Lipinski definition) is 1. The molecule has 2 aromatic rings. The Labute approximate surface area is 138 Å². The SMILES string of the molecule is Cc1c(Cl)cccc1NC(=O)COC(=O)c1ccc(C#N)cc1. The summed E-state index contributed by atoms with van der Waals surface area (Å²) < 4.78 is 4.94. The quantitative estimate of drug-likeness (QED) is 0.873. The topological polar surface area (TPSA) is 79.2 Å². The molecule has 2 aromatic carbocycles. The molecular weight excluding hydrogens is 316 g/mol. The van der Waals surface area contributed by atoms with Gasteiger partial charge >= 0.3 is 5.97 Å². The summed E-state index contributed by atoms with van der Waals surface area (Å²) in [5, 5.41) is 11.9. The minimum Gasteiger partial charge on any atom is -0.452 e. The monoisotopic (exact) mass is 328 g/mol. The van der Waals surface area contributed by atoms with Crippen LogP contribution < -0.4 is 5.32 Å². The van der Waals surface area contributed by atoms with E-state index in [9.17, 15) is 9.59 Å². The minimum atomic E-state index is -0.632. The van der Waals surface area contributed by atoms with E-state index in [1.165, 1.54) is 24.3 Å². The van der Waals surface area contributed by atoms with Gasteiger partial charge in [0.05, 0.1) is 17.2 Å². The predicted molar refractivity (Wildman–Crippen MR) is 86.3 cm³/mol. The van der Waals surface area contributed by atoms with Crippen LogP contribution in [0.1, 0.15) is 21.5 Å². The Bertz CT molecular complexity index is 779. The summed E-state index contributed by atoms with van der Waals surface area (Å²) in [6, 6.07) is 13.1. The zero-order valence-electron chi connectivity index (χ0n) is 12.3. The van der Waals surface area contributed by atoms with Gasteiger partial charge in [-0.05, 0) is 48.9 Å². The average Bonchev–Trinajstić information content (AvgIpc) is 2.57. The van der Waals surface area contributed by atoms with E-state index >= 15 is 0 Å². The molecule has 2 rings (SSSR count). The first kappa shape index (κ1) is 16.5. The van der Waals surface area contributed by atoms with Crippen molar-refractivity contribution in [2.75, 3.05) is 11.9 Å². The number of ether oxygens (including phenoxy) is 1. The van der Waals surface area contributed by atoms with Crippen molar-refractivity contribution in [2.24, 2.45) is 0 Å². The number of nitriles is 1. The smallest absolute Gasteiger partial charge is 0.338 e. The molecule has 1 amide bonds. The van der Waals surface area contributed by atoms with Gasteiger partial charge in [-0.2, -0.15) is 5.26 Å². The van der Waals surface area contributed by atoms with Crippen LogP contribution in [-0.2, 0) is 9.53 Å². The molecule has 0 fully saturated rings. The molecule has 0 aliphatic heterocycles. The Morgan fingerprint density at radius 1 is 1.22 bits per heavy atom. The summed E-state index contributed by atoms with van der Waals surface area (Å²) in [5.74, 6) is -1.09. The highest BCUT2D eigenvalue weighted by molar-refractivity contribution is 6.31. The third-order valence-electron chi connectivity index (χ3n) is 3.13. The van der Waals surface area contributed by atoms with Crippen LogP contribution in [0.4, 0.5) is 5.69 Å². The van der Waals surface area contributed by atoms with E-state index in [0.29, 0.717) is 16.3 Å². The molecule has 0 saturated carbocycles. The largest absolute Gasteiger partial charge is 0.452 e. The van der Waals surface area contributed by atoms with E-state index < -0.39 is 18.5 Å². The molecule has 0 saturated heterocycles. The van der Waals surface area contributed by atoms with Crippen molar-refractivity contribution in [3.8, 4) is 6.07 Å². The lowest BCUT2D eigenvalue weighted by atomic mass is 10.1. The second-order valence-corrected chi connectivity index (χ2v) is 5.13. The number of carbonyl (C=O) groups excluding carboxylic acids is 2. The highest BCUT2D eigenvalue weighted by Gasteiger charge is 2.11. The molecule has 1 N–H and O–H groups in total. The molecule has 0 atom stereocenters. The van der Waals surface area contributed by atoms with E-state index in [0.717, 1.165) is 5.56 Å². The van der Waals surface area contributed by atoms with Crippen LogP contribution in [0.15, 0.2) is 42.5 Å². The first-order valence-electron chi connectivity index (χ1n) is 6.73. The number of nitrogens with one attached hydrogen (secondary N) is 1. The third-order valence-corrected chi connectivity index (χ3v) is 3.54. The van der Waals surface area contributed by atoms with E-state index in [4.69, 9.17) is 21.6 Å². The molecule has 6 heteroatoms. The summed E-state index contributed by atoms with van der Waals surface area (Å²) in [6.07, 6.45) is 0. The van der Waals surface area contributed by atoms with Gasteiger partial charge in [0.15, 0.2) is 6.61 Å². The van der Waals surface area contributed by atoms with Gasteiger partial charge in [-0.25, -0.2) is 4.79 Å². The maximum Gasteiger partial charge on any atom is 0.338 e. The molecule has 23 heavy (non-hydrogen) atoms. The fourth-order valence-corrected chi connectivity index (χ4v) is 2.00. The molecule has 0 heterocycles. The second-order valence-electron chi connectivity index (χ2n) is 4.73. The number of amides is 1. The Balaban J connectivity index is 1.92. The number of carbonyl (C=O) groups is 2. The number of hydrogen-bond acceptors (Lipinski definition) is 4. The summed E-state index contributed by atoms with van der Waals surface area (Å²) in [6.45, 7) is 1.37. The van der Waals surface area contributed by atoms with Gasteiger partial charge in [0.2, 0.25) is 0 Å². The number of nitrogens with zero attached hydrogens (tertiary/aromatic N) is 1. The maximum absolute atomic E-state index is 11.8. The lowest BCUT2D eigenvalue weighted by molar-refractivity contribution is -0.119. The third kappa shape index (κ3) is 4.31. The Hall–Kier alpha value is -2.84. The molecule has 5 nitrogen and oxygen atoms in total. The van der Waals surface area contributed by atoms with Gasteiger partial charge in [0, 0.05) is 10.7 Å². The fourth-order valence-electron chi connectivity index (χ4n) is 1.82. The van der Waals surface area contributed by atoms with Gasteiger partial charge in [0.1, 0.15) is 0 Å². The second kappa shape index (κ2) is 7.43. The molecule has 0 aliphatic rings. The van der Waals surface area contributed by atoms with Crippen molar-refractivity contribution >= 4 is 29.2 Å². The predicted octanol–water partition coefficient (Wildman–Crippen LogP) is 3.32. The Kier molecular flexibility index (Phi) is 5.34. The number of rotatable bonds is 4. The van der Waals surface area contributed by atoms with E-state index in [-0.39, 0.29) is 5.56 Å². The molecule has 0 aliphatic carbocycles. The Morgan fingerprint density at radius 3 is 2.57 bits per heavy atom. The molecule has 0 unspecified atom stereocenters. The molecular formula is C17H13ClN2O3. The van der Waals surface area contributed by atoms with Gasteiger partial charge in [-0.15, -0.1) is 0 Å². The minimum absolute atomic E-state index is 0.274. The first-order valence-corrected chi connectivity index (χ1v) is 7.11. The van der Waals surface area contributed by atoms with Gasteiger partial charge < -0.3 is 10.1 Å². The average molecular weight is 329 g/mol. The van der Waals surface area contributed by atoms with Gasteiger partial charge in [-0.3, -0.25) is 4.79 Å².